The third-order valence-electron chi connectivity index (χ3n) is 3.86. The van der Waals surface area contributed by atoms with Crippen molar-refractivity contribution < 1.29 is 0 Å². The zero-order valence-corrected chi connectivity index (χ0v) is 11.1. The first-order valence-corrected chi connectivity index (χ1v) is 6.38. The van der Waals surface area contributed by atoms with Crippen LogP contribution in [0.2, 0.25) is 0 Å². The monoisotopic (exact) mass is 212 g/mol. The lowest BCUT2D eigenvalue weighted by Gasteiger charge is -2.46. The van der Waals surface area contributed by atoms with Crippen LogP contribution in [-0.2, 0) is 0 Å². The molecular formula is C13H28N2. The molecule has 1 rings (SSSR count). The minimum atomic E-state index is 0.375. The van der Waals surface area contributed by atoms with Crippen LogP contribution in [0.15, 0.2) is 0 Å². The molecule has 1 saturated carbocycles. The molecule has 0 saturated heterocycles. The average molecular weight is 212 g/mol. The molecule has 0 aromatic rings. The second-order valence-electron chi connectivity index (χ2n) is 6.06. The third kappa shape index (κ3) is 3.18. The van der Waals surface area contributed by atoms with Gasteiger partial charge in [0.05, 0.1) is 0 Å². The summed E-state index contributed by atoms with van der Waals surface area (Å²) in [6.45, 7) is 12.7. The van der Waals surface area contributed by atoms with E-state index in [1.807, 2.05) is 0 Å². The number of likely N-dealkylation sites (N-methyl/N-ethyl adjacent to an activating group) is 1. The second kappa shape index (κ2) is 4.84. The lowest BCUT2D eigenvalue weighted by molar-refractivity contribution is 0.0606. The molecule has 1 fully saturated rings. The fraction of sp³-hybridized carbons (Fsp3) is 1.00. The highest BCUT2D eigenvalue weighted by Gasteiger charge is 2.36. The van der Waals surface area contributed by atoms with Crippen molar-refractivity contribution in [2.45, 2.75) is 72.0 Å². The molecule has 0 bridgehead atoms. The lowest BCUT2D eigenvalue weighted by atomic mass is 9.72. The van der Waals surface area contributed by atoms with Gasteiger partial charge in [0, 0.05) is 18.1 Å². The topological polar surface area (TPSA) is 29.3 Å². The van der Waals surface area contributed by atoms with Crippen molar-refractivity contribution >= 4 is 0 Å². The van der Waals surface area contributed by atoms with Gasteiger partial charge in [-0.3, -0.25) is 4.90 Å². The normalized spacial score (nSPS) is 31.2. The van der Waals surface area contributed by atoms with Gasteiger partial charge in [-0.2, -0.15) is 0 Å². The predicted molar refractivity (Wildman–Crippen MR) is 66.9 cm³/mol. The van der Waals surface area contributed by atoms with E-state index in [0.717, 1.165) is 6.54 Å². The third-order valence-corrected chi connectivity index (χ3v) is 3.86. The number of rotatable bonds is 3. The highest BCUT2D eigenvalue weighted by atomic mass is 15.2. The maximum Gasteiger partial charge on any atom is 0.0254 e. The summed E-state index contributed by atoms with van der Waals surface area (Å²) in [5, 5.41) is 0. The summed E-state index contributed by atoms with van der Waals surface area (Å²) in [4.78, 5) is 2.56. The lowest BCUT2D eigenvalue weighted by Crippen LogP contribution is -2.54. The van der Waals surface area contributed by atoms with Gasteiger partial charge in [0.2, 0.25) is 0 Å². The van der Waals surface area contributed by atoms with Gasteiger partial charge < -0.3 is 5.73 Å². The first kappa shape index (κ1) is 13.0. The van der Waals surface area contributed by atoms with Crippen molar-refractivity contribution in [2.24, 2.45) is 11.1 Å². The van der Waals surface area contributed by atoms with Gasteiger partial charge in [-0.05, 0) is 45.1 Å². The summed E-state index contributed by atoms with van der Waals surface area (Å²) in [6, 6.07) is 1.57. The summed E-state index contributed by atoms with van der Waals surface area (Å²) < 4.78 is 0. The predicted octanol–water partition coefficient (Wildman–Crippen LogP) is 2.62. The van der Waals surface area contributed by atoms with Gasteiger partial charge in [0.1, 0.15) is 0 Å². The van der Waals surface area contributed by atoms with Crippen molar-refractivity contribution in [3.8, 4) is 0 Å². The number of hydrogen-bond donors (Lipinski definition) is 1. The van der Waals surface area contributed by atoms with Crippen LogP contribution in [0.4, 0.5) is 0 Å². The minimum Gasteiger partial charge on any atom is -0.326 e. The van der Waals surface area contributed by atoms with E-state index in [2.05, 4.69) is 39.5 Å². The zero-order valence-electron chi connectivity index (χ0n) is 11.1. The van der Waals surface area contributed by atoms with Crippen molar-refractivity contribution in [3.63, 3.8) is 0 Å². The summed E-state index contributed by atoms with van der Waals surface area (Å²) in [5.74, 6) is 0. The average Bonchev–Trinajstić information content (AvgIpc) is 2.11. The molecule has 0 radical (unpaired) electrons. The molecular weight excluding hydrogens is 184 g/mol. The fourth-order valence-electron chi connectivity index (χ4n) is 2.92. The molecule has 1 aliphatic carbocycles. The van der Waals surface area contributed by atoms with Gasteiger partial charge in [-0.15, -0.1) is 0 Å². The van der Waals surface area contributed by atoms with Crippen LogP contribution in [0.25, 0.3) is 0 Å². The van der Waals surface area contributed by atoms with Crippen LogP contribution in [0, 0.1) is 5.41 Å². The van der Waals surface area contributed by atoms with Crippen LogP contribution in [0.3, 0.4) is 0 Å². The van der Waals surface area contributed by atoms with E-state index in [4.69, 9.17) is 5.73 Å². The Balaban J connectivity index is 2.72. The molecule has 0 spiro atoms. The largest absolute Gasteiger partial charge is 0.326 e. The van der Waals surface area contributed by atoms with Crippen LogP contribution in [0.1, 0.15) is 53.9 Å². The molecule has 0 heterocycles. The Morgan fingerprint density at radius 3 is 2.47 bits per heavy atom. The SMILES string of the molecule is CCN(C(C)C)C1CC(C)(C)CCC1N. The molecule has 2 atom stereocenters. The van der Waals surface area contributed by atoms with Crippen molar-refractivity contribution in [1.29, 1.82) is 0 Å². The van der Waals surface area contributed by atoms with Crippen LogP contribution < -0.4 is 5.73 Å². The summed E-state index contributed by atoms with van der Waals surface area (Å²) in [6.07, 6.45) is 3.71. The van der Waals surface area contributed by atoms with E-state index >= 15 is 0 Å². The fourth-order valence-corrected chi connectivity index (χ4v) is 2.92. The molecule has 2 heteroatoms. The smallest absolute Gasteiger partial charge is 0.0254 e. The molecule has 0 aromatic heterocycles. The Morgan fingerprint density at radius 2 is 2.00 bits per heavy atom. The molecule has 2 nitrogen and oxygen atoms in total. The van der Waals surface area contributed by atoms with E-state index in [1.165, 1.54) is 19.3 Å². The number of nitrogens with two attached hydrogens (primary N) is 1. The maximum absolute atomic E-state index is 6.27. The highest BCUT2D eigenvalue weighted by molar-refractivity contribution is 4.93. The molecule has 2 N–H and O–H groups in total. The Hall–Kier alpha value is -0.0800. The first-order valence-electron chi connectivity index (χ1n) is 6.38. The van der Waals surface area contributed by atoms with E-state index in [1.54, 1.807) is 0 Å². The zero-order chi connectivity index (χ0) is 11.6. The molecule has 2 unspecified atom stereocenters. The molecule has 1 aliphatic rings. The second-order valence-corrected chi connectivity index (χ2v) is 6.06. The molecule has 0 aliphatic heterocycles. The Bertz CT molecular complexity index is 199. The highest BCUT2D eigenvalue weighted by Crippen LogP contribution is 2.37. The van der Waals surface area contributed by atoms with Gasteiger partial charge in [0.15, 0.2) is 0 Å². The standard InChI is InChI=1S/C13H28N2/c1-6-15(10(2)3)12-9-13(4,5)8-7-11(12)14/h10-12H,6-9,14H2,1-5H3. The summed E-state index contributed by atoms with van der Waals surface area (Å²) in [7, 11) is 0. The quantitative estimate of drug-likeness (QED) is 0.779. The molecule has 90 valence electrons. The van der Waals surface area contributed by atoms with E-state index in [9.17, 15) is 0 Å². The van der Waals surface area contributed by atoms with Crippen molar-refractivity contribution in [1.82, 2.24) is 4.90 Å². The van der Waals surface area contributed by atoms with Gasteiger partial charge >= 0.3 is 0 Å². The number of nitrogens with zero attached hydrogens (tertiary/aromatic N) is 1. The van der Waals surface area contributed by atoms with Gasteiger partial charge in [0.25, 0.3) is 0 Å². The Labute approximate surface area is 95.2 Å². The van der Waals surface area contributed by atoms with Gasteiger partial charge in [-0.1, -0.05) is 20.8 Å². The molecule has 0 amide bonds. The minimum absolute atomic E-state index is 0.375. The van der Waals surface area contributed by atoms with E-state index < -0.39 is 0 Å². The van der Waals surface area contributed by atoms with Crippen LogP contribution in [0.5, 0.6) is 0 Å². The molecule has 0 aromatic carbocycles. The number of hydrogen-bond acceptors (Lipinski definition) is 2. The van der Waals surface area contributed by atoms with Crippen LogP contribution >= 0.6 is 0 Å². The maximum atomic E-state index is 6.27. The van der Waals surface area contributed by atoms with Gasteiger partial charge in [-0.25, -0.2) is 0 Å². The van der Waals surface area contributed by atoms with E-state index in [0.29, 0.717) is 23.5 Å². The van der Waals surface area contributed by atoms with Crippen LogP contribution in [-0.4, -0.2) is 29.6 Å². The Kier molecular flexibility index (Phi) is 4.19. The Morgan fingerprint density at radius 1 is 1.40 bits per heavy atom. The molecule has 15 heavy (non-hydrogen) atoms. The van der Waals surface area contributed by atoms with E-state index in [-0.39, 0.29) is 0 Å². The van der Waals surface area contributed by atoms with Crippen molar-refractivity contribution in [3.05, 3.63) is 0 Å². The first-order chi connectivity index (χ1) is 6.87. The summed E-state index contributed by atoms with van der Waals surface area (Å²) in [5.41, 5.74) is 6.75. The van der Waals surface area contributed by atoms with Crippen molar-refractivity contribution in [2.75, 3.05) is 6.54 Å². The summed E-state index contributed by atoms with van der Waals surface area (Å²) >= 11 is 0.